The van der Waals surface area contributed by atoms with E-state index in [4.69, 9.17) is 26.4 Å². The van der Waals surface area contributed by atoms with Crippen molar-refractivity contribution in [3.05, 3.63) is 193 Å². The van der Waals surface area contributed by atoms with E-state index in [1.807, 2.05) is 71.3 Å². The van der Waals surface area contributed by atoms with Gasteiger partial charge < -0.3 is 5.11 Å². The lowest BCUT2D eigenvalue weighted by Crippen LogP contribution is -2.12. The molecule has 4 nitrogen and oxygen atoms in total. The molecular formula is C53H43N3O. The van der Waals surface area contributed by atoms with E-state index < -0.39 is 38.4 Å². The molecule has 0 spiro atoms. The minimum absolute atomic E-state index is 0.0768. The van der Waals surface area contributed by atoms with Crippen LogP contribution in [-0.2, 0) is 5.41 Å². The number of hydrogen-bond donors (Lipinski definition) is 1. The first-order chi connectivity index (χ1) is 32.7. The number of para-hydroxylation sites is 2. The van der Waals surface area contributed by atoms with Crippen LogP contribution in [0, 0.1) is 6.85 Å². The molecule has 1 N–H and O–H groups in total. The van der Waals surface area contributed by atoms with Gasteiger partial charge in [0.05, 0.1) is 28.0 Å². The Labute approximate surface area is 351 Å². The number of nitrogens with zero attached hydrogens (tertiary/aromatic N) is 3. The van der Waals surface area contributed by atoms with Crippen LogP contribution < -0.4 is 0 Å². The first kappa shape index (κ1) is 24.5. The van der Waals surface area contributed by atoms with Gasteiger partial charge in [-0.05, 0) is 112 Å². The van der Waals surface area contributed by atoms with Gasteiger partial charge in [0.25, 0.3) is 0 Å². The van der Waals surface area contributed by atoms with Gasteiger partial charge in [0.15, 0.2) is 0 Å². The summed E-state index contributed by atoms with van der Waals surface area (Å²) < 4.78 is 102. The Hall–Kier alpha value is -7.04. The van der Waals surface area contributed by atoms with Crippen molar-refractivity contribution in [3.8, 4) is 78.6 Å². The summed E-state index contributed by atoms with van der Waals surface area (Å²) >= 11 is 0. The van der Waals surface area contributed by atoms with Crippen molar-refractivity contribution in [2.75, 3.05) is 0 Å². The van der Waals surface area contributed by atoms with E-state index in [0.717, 1.165) is 33.4 Å². The number of hydrogen-bond acceptors (Lipinski definition) is 3. The lowest BCUT2D eigenvalue weighted by atomic mass is 9.85. The summed E-state index contributed by atoms with van der Waals surface area (Å²) in [6, 6.07) is 52.0. The van der Waals surface area contributed by atoms with Crippen molar-refractivity contribution in [1.29, 1.82) is 0 Å². The molecule has 0 amide bonds. The summed E-state index contributed by atoms with van der Waals surface area (Å²) in [7, 11) is 0. The number of phenols is 1. The number of imidazole rings is 1. The van der Waals surface area contributed by atoms with Crippen LogP contribution in [0.1, 0.15) is 48.1 Å². The van der Waals surface area contributed by atoms with Gasteiger partial charge in [-0.2, -0.15) is 0 Å². The summed E-state index contributed by atoms with van der Waals surface area (Å²) in [5.74, 6) is 0.222. The van der Waals surface area contributed by atoms with Crippen LogP contribution in [0.15, 0.2) is 182 Å². The number of aromatic hydroxyl groups is 1. The van der Waals surface area contributed by atoms with E-state index in [1.165, 1.54) is 24.3 Å². The summed E-state index contributed by atoms with van der Waals surface area (Å²) in [4.78, 5) is 10.1. The highest BCUT2D eigenvalue weighted by Crippen LogP contribution is 2.42. The number of aryl methyl sites for hydroxylation is 1. The third-order valence-corrected chi connectivity index (χ3v) is 10.2. The first-order valence-electron chi connectivity index (χ1n) is 24.5. The zero-order valence-corrected chi connectivity index (χ0v) is 30.6. The maximum absolute atomic E-state index is 11.5. The molecule has 0 aliphatic rings. The monoisotopic (exact) mass is 749 g/mol. The minimum atomic E-state index is -3.49. The second kappa shape index (κ2) is 14.6. The van der Waals surface area contributed by atoms with E-state index in [9.17, 15) is 5.11 Å². The molecule has 0 bridgehead atoms. The van der Waals surface area contributed by atoms with Gasteiger partial charge in [-0.15, -0.1) is 0 Å². The van der Waals surface area contributed by atoms with Crippen LogP contribution in [0.2, 0.25) is 0 Å². The quantitative estimate of drug-likeness (QED) is 0.176. The topological polar surface area (TPSA) is 50.9 Å². The fourth-order valence-corrected chi connectivity index (χ4v) is 7.39. The maximum Gasteiger partial charge on any atom is 0.149 e. The highest BCUT2D eigenvalue weighted by molar-refractivity contribution is 5.98. The van der Waals surface area contributed by atoms with E-state index in [0.29, 0.717) is 50.5 Å². The van der Waals surface area contributed by atoms with Crippen molar-refractivity contribution >= 4 is 11.0 Å². The molecule has 0 unspecified atom stereocenters. The highest BCUT2D eigenvalue weighted by atomic mass is 16.3. The normalized spacial score (nSPS) is 15.6. The number of pyridine rings is 1. The van der Waals surface area contributed by atoms with Crippen LogP contribution in [0.5, 0.6) is 5.75 Å². The Morgan fingerprint density at radius 3 is 1.96 bits per heavy atom. The zero-order chi connectivity index (χ0) is 49.1. The van der Waals surface area contributed by atoms with E-state index in [-0.39, 0.29) is 11.3 Å². The van der Waals surface area contributed by atoms with Crippen molar-refractivity contribution in [1.82, 2.24) is 14.5 Å². The molecule has 0 saturated carbocycles. The molecule has 57 heavy (non-hydrogen) atoms. The number of fused-ring (bicyclic) bond motifs is 1. The van der Waals surface area contributed by atoms with Gasteiger partial charge in [0, 0.05) is 39.3 Å². The van der Waals surface area contributed by atoms with Crippen molar-refractivity contribution in [2.45, 2.75) is 32.8 Å². The molecule has 0 radical (unpaired) electrons. The van der Waals surface area contributed by atoms with Crippen molar-refractivity contribution in [2.24, 2.45) is 0 Å². The Bertz CT molecular complexity index is 3300. The Kier molecular flexibility index (Phi) is 6.25. The molecule has 0 atom stereocenters. The molecule has 7 aromatic carbocycles. The summed E-state index contributed by atoms with van der Waals surface area (Å²) in [6.07, 6.45) is 1.71. The van der Waals surface area contributed by atoms with Crippen LogP contribution in [0.25, 0.3) is 83.9 Å². The largest absolute Gasteiger partial charge is 0.507 e. The molecule has 2 aromatic heterocycles. The fraction of sp³-hybridized carbons (Fsp3) is 0.0943. The predicted octanol–water partition coefficient (Wildman–Crippen LogP) is 13.7. The lowest BCUT2D eigenvalue weighted by molar-refractivity contribution is 0.477. The minimum Gasteiger partial charge on any atom is -0.507 e. The highest BCUT2D eigenvalue weighted by Gasteiger charge is 2.24. The Morgan fingerprint density at radius 2 is 1.21 bits per heavy atom. The Balaban J connectivity index is 1.30. The number of aromatic nitrogens is 3. The second-order valence-electron chi connectivity index (χ2n) is 14.0. The van der Waals surface area contributed by atoms with Gasteiger partial charge in [0.1, 0.15) is 11.6 Å². The maximum atomic E-state index is 11.5. The van der Waals surface area contributed by atoms with Gasteiger partial charge in [0.2, 0.25) is 0 Å². The van der Waals surface area contributed by atoms with E-state index >= 15 is 0 Å². The van der Waals surface area contributed by atoms with Crippen LogP contribution in [-0.4, -0.2) is 19.6 Å². The Morgan fingerprint density at radius 1 is 0.526 bits per heavy atom. The van der Waals surface area contributed by atoms with Crippen LogP contribution >= 0.6 is 0 Å². The molecule has 276 valence electrons. The average Bonchev–Trinajstić information content (AvgIpc) is 3.70. The third-order valence-electron chi connectivity index (χ3n) is 10.2. The molecule has 0 aliphatic heterocycles. The van der Waals surface area contributed by atoms with Crippen LogP contribution in [0.4, 0.5) is 0 Å². The molecular weight excluding hydrogens is 695 g/mol. The molecule has 0 fully saturated rings. The molecule has 2 heterocycles. The average molecular weight is 750 g/mol. The number of phenolic OH excluding ortho intramolecular Hbond substituents is 1. The number of benzene rings is 7. The molecule has 9 aromatic rings. The van der Waals surface area contributed by atoms with Crippen molar-refractivity contribution < 1.29 is 21.6 Å². The van der Waals surface area contributed by atoms with Gasteiger partial charge >= 0.3 is 0 Å². The third kappa shape index (κ3) is 6.91. The summed E-state index contributed by atoms with van der Waals surface area (Å²) in [6.45, 7) is -12.7. The summed E-state index contributed by atoms with van der Waals surface area (Å²) in [5.41, 5.74) is 5.71. The standard InChI is InChI=1S/C53H43N3O/c1-35-22-24-37(25-23-35)39-28-29-54-47(33-39)42-31-40(36-14-7-5-8-15-36)30-41(32-42)44-19-13-20-49-51(44)55-52(45-18-11-12-21-50(45)57)56(49)48-27-26-43(53(2,3)4)34-46(48)38-16-9-6-10-17-38/h5-34,57H,1-4H3/i1D3,2D3,3D3,4D3. The van der Waals surface area contributed by atoms with Gasteiger partial charge in [-0.1, -0.05) is 141 Å². The SMILES string of the molecule is [2H]C([2H])([2H])c1ccc(-c2ccnc(-c3cc(-c4ccccc4)cc(-c4cccc5c4nc(-c4ccccc4O)n5-c4ccc(C(C([2H])([2H])[2H])(C([2H])([2H])[2H])C([2H])([2H])[2H])cc4-c4ccccc4)c3)c2)cc1. The zero-order valence-electron chi connectivity index (χ0n) is 42.6. The molecule has 9 rings (SSSR count). The summed E-state index contributed by atoms with van der Waals surface area (Å²) in [5, 5.41) is 11.5. The van der Waals surface area contributed by atoms with E-state index in [2.05, 4.69) is 12.1 Å². The lowest BCUT2D eigenvalue weighted by Gasteiger charge is -2.23. The smallest absolute Gasteiger partial charge is 0.149 e. The number of rotatable bonds is 7. The fourth-order valence-electron chi connectivity index (χ4n) is 7.39. The second-order valence-corrected chi connectivity index (χ2v) is 14.0. The first-order valence-corrected chi connectivity index (χ1v) is 18.5. The molecule has 4 heteroatoms. The molecule has 0 saturated heterocycles. The van der Waals surface area contributed by atoms with Crippen LogP contribution in [0.3, 0.4) is 0 Å². The van der Waals surface area contributed by atoms with Gasteiger partial charge in [-0.3, -0.25) is 9.55 Å². The van der Waals surface area contributed by atoms with Gasteiger partial charge in [-0.25, -0.2) is 4.98 Å². The van der Waals surface area contributed by atoms with Crippen molar-refractivity contribution in [3.63, 3.8) is 0 Å². The molecule has 0 aliphatic carbocycles. The predicted molar refractivity (Wildman–Crippen MR) is 237 cm³/mol. The van der Waals surface area contributed by atoms with E-state index in [1.54, 1.807) is 79.0 Å².